The maximum absolute atomic E-state index is 15.1. The summed E-state index contributed by atoms with van der Waals surface area (Å²) in [6.07, 6.45) is -4.07. The molecule has 0 spiro atoms. The van der Waals surface area contributed by atoms with Crippen LogP contribution < -0.4 is 10.6 Å². The molecule has 0 aliphatic carbocycles. The average Bonchev–Trinajstić information content (AvgIpc) is 2.90. The van der Waals surface area contributed by atoms with E-state index >= 15 is 4.39 Å². The highest BCUT2D eigenvalue weighted by Crippen LogP contribution is 2.48. The number of amides is 1. The monoisotopic (exact) mass is 612 g/mol. The number of methoxy groups -OCH3 is 1. The number of sulfone groups is 1. The zero-order chi connectivity index (χ0) is 30.7. The Balaban J connectivity index is 1.92. The number of piperazine rings is 1. The number of ether oxygens (including phenoxy) is 1. The molecule has 0 radical (unpaired) electrons. The second kappa shape index (κ2) is 10.5. The van der Waals surface area contributed by atoms with E-state index in [0.717, 1.165) is 22.8 Å². The van der Waals surface area contributed by atoms with Crippen molar-refractivity contribution in [1.82, 2.24) is 14.5 Å². The average molecular weight is 613 g/mol. The van der Waals surface area contributed by atoms with Crippen LogP contribution in [0, 0.1) is 11.6 Å². The third kappa shape index (κ3) is 4.83. The van der Waals surface area contributed by atoms with Gasteiger partial charge in [0.15, 0.2) is 9.84 Å². The molecule has 15 heteroatoms. The third-order valence-electron chi connectivity index (χ3n) is 7.48. The fourth-order valence-electron chi connectivity index (χ4n) is 5.73. The first kappa shape index (κ1) is 29.6. The van der Waals surface area contributed by atoms with Gasteiger partial charge in [-0.1, -0.05) is 6.58 Å². The number of benzene rings is 2. The molecule has 3 heterocycles. The van der Waals surface area contributed by atoms with E-state index in [2.05, 4.69) is 11.6 Å². The molecule has 2 atom stereocenters. The van der Waals surface area contributed by atoms with Gasteiger partial charge in [-0.3, -0.25) is 9.36 Å². The van der Waals surface area contributed by atoms with Crippen molar-refractivity contribution in [2.75, 3.05) is 44.0 Å². The van der Waals surface area contributed by atoms with Crippen molar-refractivity contribution in [3.05, 3.63) is 64.6 Å². The zero-order valence-electron chi connectivity index (χ0n) is 22.4. The molecule has 1 saturated heterocycles. The van der Waals surface area contributed by atoms with Crippen LogP contribution in [0.2, 0.25) is 0 Å². The molecule has 1 fully saturated rings. The molecule has 0 unspecified atom stereocenters. The lowest BCUT2D eigenvalue weighted by Crippen LogP contribution is -2.54. The summed E-state index contributed by atoms with van der Waals surface area (Å²) in [6, 6.07) is 0.757. The maximum Gasteiger partial charge on any atom is 0.417 e. The summed E-state index contributed by atoms with van der Waals surface area (Å²) in [6.45, 7) is 5.16. The molecule has 3 aromatic rings. The number of hydrogen-bond acceptors (Lipinski definition) is 7. The van der Waals surface area contributed by atoms with Crippen LogP contribution >= 0.6 is 0 Å². The van der Waals surface area contributed by atoms with E-state index in [0.29, 0.717) is 12.1 Å². The number of carbonyl (C=O) groups excluding carboxylic acids is 1. The van der Waals surface area contributed by atoms with E-state index in [9.17, 15) is 35.6 Å². The van der Waals surface area contributed by atoms with Crippen LogP contribution in [0.4, 0.5) is 27.8 Å². The zero-order valence-corrected chi connectivity index (χ0v) is 23.2. The smallest absolute Gasteiger partial charge is 0.382 e. The molecule has 0 N–H and O–H groups in total. The first-order valence-corrected chi connectivity index (χ1v) is 14.4. The van der Waals surface area contributed by atoms with Crippen molar-refractivity contribution < 1.29 is 39.9 Å². The normalized spacial score (nSPS) is 20.2. The molecular weight excluding hydrogens is 587 g/mol. The van der Waals surface area contributed by atoms with Gasteiger partial charge in [0.2, 0.25) is 5.91 Å². The molecule has 224 valence electrons. The predicted molar refractivity (Wildman–Crippen MR) is 143 cm³/mol. The molecule has 2 aromatic carbocycles. The van der Waals surface area contributed by atoms with Gasteiger partial charge in [-0.15, -0.1) is 0 Å². The summed E-state index contributed by atoms with van der Waals surface area (Å²) in [7, 11) is -3.35. The fourth-order valence-corrected chi connectivity index (χ4v) is 7.68. The van der Waals surface area contributed by atoms with Gasteiger partial charge in [-0.2, -0.15) is 18.2 Å². The lowest BCUT2D eigenvalue weighted by molar-refractivity contribution is -0.137. The quantitative estimate of drug-likeness (QED) is 0.321. The first-order valence-electron chi connectivity index (χ1n) is 12.7. The van der Waals surface area contributed by atoms with E-state index < -0.39 is 72.8 Å². The Bertz CT molecular complexity index is 1790. The summed E-state index contributed by atoms with van der Waals surface area (Å²) in [5.74, 6) is -3.88. The van der Waals surface area contributed by atoms with E-state index in [1.165, 1.54) is 16.9 Å². The summed E-state index contributed by atoms with van der Waals surface area (Å²) >= 11 is 0. The van der Waals surface area contributed by atoms with E-state index in [1.54, 1.807) is 6.92 Å². The minimum Gasteiger partial charge on any atom is -0.382 e. The van der Waals surface area contributed by atoms with Crippen LogP contribution in [0.15, 0.2) is 46.6 Å². The fraction of sp³-hybridized carbons (Fsp3) is 0.370. The minimum absolute atomic E-state index is 0.0611. The second-order valence-corrected chi connectivity index (χ2v) is 12.1. The van der Waals surface area contributed by atoms with Crippen LogP contribution in [0.1, 0.15) is 18.5 Å². The molecule has 42 heavy (non-hydrogen) atoms. The summed E-state index contributed by atoms with van der Waals surface area (Å²) < 4.78 is 107. The highest BCUT2D eigenvalue weighted by atomic mass is 32.2. The van der Waals surface area contributed by atoms with Gasteiger partial charge in [-0.05, 0) is 31.2 Å². The Kier molecular flexibility index (Phi) is 7.38. The van der Waals surface area contributed by atoms with E-state index in [-0.39, 0.29) is 48.9 Å². The van der Waals surface area contributed by atoms with Gasteiger partial charge >= 0.3 is 11.9 Å². The number of rotatable bonds is 5. The largest absolute Gasteiger partial charge is 0.417 e. The number of hydrogen-bond donors (Lipinski definition) is 0. The molecule has 5 rings (SSSR count). The van der Waals surface area contributed by atoms with E-state index in [4.69, 9.17) is 4.74 Å². The SMILES string of the molecule is C=CC(=O)N1CCN(c2nc(=O)n3c4c(c(-c5ccc(F)cc5F)c(C(F)(F)F)cc24)S(=O)(=O)C[C@@H]3COC)[C@@H](C)C1. The van der Waals surface area contributed by atoms with Crippen molar-refractivity contribution in [3.63, 3.8) is 0 Å². The number of alkyl halides is 3. The molecule has 9 nitrogen and oxygen atoms in total. The number of aromatic nitrogens is 2. The molecular formula is C27H25F5N4O5S. The predicted octanol–water partition coefficient (Wildman–Crippen LogP) is 3.56. The van der Waals surface area contributed by atoms with Crippen LogP contribution in [-0.4, -0.2) is 73.9 Å². The third-order valence-corrected chi connectivity index (χ3v) is 9.33. The Morgan fingerprint density at radius 1 is 1.21 bits per heavy atom. The van der Waals surface area contributed by atoms with E-state index in [1.807, 2.05) is 0 Å². The first-order chi connectivity index (χ1) is 19.7. The highest BCUT2D eigenvalue weighted by Gasteiger charge is 2.44. The molecule has 2 aliphatic heterocycles. The van der Waals surface area contributed by atoms with Crippen molar-refractivity contribution >= 4 is 32.5 Å². The second-order valence-electron chi connectivity index (χ2n) is 10.2. The molecule has 0 bridgehead atoms. The van der Waals surface area contributed by atoms with Gasteiger partial charge in [0.1, 0.15) is 22.3 Å². The van der Waals surface area contributed by atoms with Crippen LogP contribution in [-0.2, 0) is 25.5 Å². The van der Waals surface area contributed by atoms with Crippen molar-refractivity contribution in [1.29, 1.82) is 0 Å². The van der Waals surface area contributed by atoms with Gasteiger partial charge in [0.25, 0.3) is 0 Å². The van der Waals surface area contributed by atoms with Crippen LogP contribution in [0.5, 0.6) is 0 Å². The van der Waals surface area contributed by atoms with Crippen molar-refractivity contribution in [3.8, 4) is 11.1 Å². The number of carbonyl (C=O) groups is 1. The summed E-state index contributed by atoms with van der Waals surface area (Å²) in [4.78, 5) is 31.9. The van der Waals surface area contributed by atoms with Crippen molar-refractivity contribution in [2.24, 2.45) is 0 Å². The Hall–Kier alpha value is -3.85. The number of halogens is 5. The van der Waals surface area contributed by atoms with Gasteiger partial charge in [-0.25, -0.2) is 22.0 Å². The lowest BCUT2D eigenvalue weighted by atomic mass is 9.95. The Morgan fingerprint density at radius 3 is 2.52 bits per heavy atom. The topological polar surface area (TPSA) is 102 Å². The molecule has 0 saturated carbocycles. The van der Waals surface area contributed by atoms with Gasteiger partial charge in [0.05, 0.1) is 29.5 Å². The lowest BCUT2D eigenvalue weighted by Gasteiger charge is -2.41. The molecule has 1 aromatic heterocycles. The van der Waals surface area contributed by atoms with Gasteiger partial charge < -0.3 is 14.5 Å². The Morgan fingerprint density at radius 2 is 1.93 bits per heavy atom. The molecule has 2 aliphatic rings. The van der Waals surface area contributed by atoms with Crippen molar-refractivity contribution in [2.45, 2.75) is 30.1 Å². The van der Waals surface area contributed by atoms with Crippen LogP contribution in [0.3, 0.4) is 0 Å². The summed E-state index contributed by atoms with van der Waals surface area (Å²) in [5, 5.41) is -0.303. The molecule has 1 amide bonds. The van der Waals surface area contributed by atoms with Gasteiger partial charge in [0, 0.05) is 55.4 Å². The highest BCUT2D eigenvalue weighted by molar-refractivity contribution is 7.91. The maximum atomic E-state index is 15.1. The standard InChI is InChI=1S/C27H25F5N4O5S/c1-4-21(37)34-7-8-35(14(2)11-34)25-18-10-19(27(30,31)32)22(17-6-5-15(28)9-20(17)29)24-23(18)36(26(38)33-25)16(12-41-3)13-42(24,39)40/h4-6,9-10,14,16H,1,7-8,11-13H2,2-3H3/t14-,16-/m0/s1. The number of anilines is 1. The summed E-state index contributed by atoms with van der Waals surface area (Å²) in [5.41, 5.74) is -4.65. The van der Waals surface area contributed by atoms with Crippen LogP contribution in [0.25, 0.3) is 22.0 Å². The number of nitrogens with zero attached hydrogens (tertiary/aromatic N) is 4. The Labute approximate surface area is 236 Å². The minimum atomic E-state index is -5.20.